The van der Waals surface area contributed by atoms with E-state index in [0.717, 1.165) is 16.3 Å². The highest BCUT2D eigenvalue weighted by Gasteiger charge is 2.22. The van der Waals surface area contributed by atoms with Crippen LogP contribution in [0.25, 0.3) is 11.0 Å². The molecule has 0 radical (unpaired) electrons. The number of imidazole rings is 1. The molecule has 1 atom stereocenters. The highest BCUT2D eigenvalue weighted by molar-refractivity contribution is 8.00. The fourth-order valence-electron chi connectivity index (χ4n) is 2.87. The minimum atomic E-state index is -2.73. The zero-order valence-corrected chi connectivity index (χ0v) is 17.2. The quantitative estimate of drug-likeness (QED) is 0.533. The van der Waals surface area contributed by atoms with E-state index in [9.17, 15) is 18.4 Å². The summed E-state index contributed by atoms with van der Waals surface area (Å²) < 4.78 is 32.8. The number of anilines is 1. The van der Waals surface area contributed by atoms with Crippen LogP contribution >= 0.6 is 11.8 Å². The molecule has 2 amide bonds. The largest absolute Gasteiger partial charge is 0.360 e. The van der Waals surface area contributed by atoms with Gasteiger partial charge in [0.25, 0.3) is 0 Å². The normalized spacial score (nSPS) is 12.3. The topological polar surface area (TPSA) is 102 Å². The first-order valence-corrected chi connectivity index (χ1v) is 10.3. The van der Waals surface area contributed by atoms with Gasteiger partial charge in [-0.05, 0) is 19.1 Å². The summed E-state index contributed by atoms with van der Waals surface area (Å²) in [6, 6.07) is 8.26. The van der Waals surface area contributed by atoms with Gasteiger partial charge in [0.15, 0.2) is 5.82 Å². The van der Waals surface area contributed by atoms with E-state index in [4.69, 9.17) is 4.52 Å². The van der Waals surface area contributed by atoms with Crippen LogP contribution < -0.4 is 10.6 Å². The van der Waals surface area contributed by atoms with Crippen LogP contribution in [-0.2, 0) is 9.59 Å². The molecular formula is C19H21F2N5O3S. The molecule has 0 unspecified atom stereocenters. The van der Waals surface area contributed by atoms with Crippen molar-refractivity contribution in [3.05, 3.63) is 41.9 Å². The number of carbonyl (C=O) groups excluding carboxylic acids is 2. The summed E-state index contributed by atoms with van der Waals surface area (Å²) >= 11 is 1.13. The molecule has 0 saturated carbocycles. The lowest BCUT2D eigenvalue weighted by molar-refractivity contribution is -0.118. The zero-order valence-electron chi connectivity index (χ0n) is 16.4. The maximum absolute atomic E-state index is 13.5. The monoisotopic (exact) mass is 437 g/mol. The van der Waals surface area contributed by atoms with E-state index >= 15 is 0 Å². The summed E-state index contributed by atoms with van der Waals surface area (Å²) in [6.07, 6.45) is 0. The van der Waals surface area contributed by atoms with Crippen molar-refractivity contribution >= 4 is 40.4 Å². The third-order valence-electron chi connectivity index (χ3n) is 4.23. The SMILES string of the molecule is Cc1cc(NC(=O)CSCC(=O)NC[C@@H](C)c2nc3ccccc3n2C(F)F)no1. The van der Waals surface area contributed by atoms with Crippen LogP contribution in [0.15, 0.2) is 34.9 Å². The molecule has 160 valence electrons. The van der Waals surface area contributed by atoms with Crippen molar-refractivity contribution in [3.8, 4) is 0 Å². The number of fused-ring (bicyclic) bond motifs is 1. The van der Waals surface area contributed by atoms with E-state index < -0.39 is 12.5 Å². The van der Waals surface area contributed by atoms with Gasteiger partial charge in [-0.1, -0.05) is 24.2 Å². The number of amides is 2. The Morgan fingerprint density at radius 3 is 2.67 bits per heavy atom. The van der Waals surface area contributed by atoms with Gasteiger partial charge in [0, 0.05) is 18.5 Å². The molecule has 8 nitrogen and oxygen atoms in total. The van der Waals surface area contributed by atoms with Crippen LogP contribution in [0.1, 0.15) is 31.0 Å². The first-order valence-electron chi connectivity index (χ1n) is 9.17. The van der Waals surface area contributed by atoms with Gasteiger partial charge >= 0.3 is 6.55 Å². The number of hydrogen-bond acceptors (Lipinski definition) is 6. The Hall–Kier alpha value is -2.95. The number of nitrogens with zero attached hydrogens (tertiary/aromatic N) is 3. The van der Waals surface area contributed by atoms with Crippen LogP contribution in [0.2, 0.25) is 0 Å². The molecule has 2 heterocycles. The van der Waals surface area contributed by atoms with Gasteiger partial charge < -0.3 is 15.2 Å². The third kappa shape index (κ3) is 5.35. The van der Waals surface area contributed by atoms with Crippen molar-refractivity contribution in [1.29, 1.82) is 0 Å². The average molecular weight is 437 g/mol. The van der Waals surface area contributed by atoms with Gasteiger partial charge in [0.1, 0.15) is 11.6 Å². The Morgan fingerprint density at radius 1 is 1.23 bits per heavy atom. The zero-order chi connectivity index (χ0) is 21.7. The predicted molar refractivity (Wildman–Crippen MR) is 110 cm³/mol. The number of para-hydroxylation sites is 2. The highest BCUT2D eigenvalue weighted by atomic mass is 32.2. The lowest BCUT2D eigenvalue weighted by Crippen LogP contribution is -2.30. The summed E-state index contributed by atoms with van der Waals surface area (Å²) in [5.74, 6) is 0.210. The van der Waals surface area contributed by atoms with E-state index in [0.29, 0.717) is 22.6 Å². The molecule has 3 aromatic rings. The van der Waals surface area contributed by atoms with Gasteiger partial charge in [0.2, 0.25) is 11.8 Å². The first kappa shape index (κ1) is 21.8. The number of benzene rings is 1. The molecule has 0 aliphatic heterocycles. The molecule has 0 saturated heterocycles. The second-order valence-electron chi connectivity index (χ2n) is 6.68. The second-order valence-corrected chi connectivity index (χ2v) is 7.66. The predicted octanol–water partition coefficient (Wildman–Crippen LogP) is 3.32. The fraction of sp³-hybridized carbons (Fsp3) is 0.368. The summed E-state index contributed by atoms with van der Waals surface area (Å²) in [5, 5.41) is 8.92. The number of hydrogen-bond donors (Lipinski definition) is 2. The van der Waals surface area contributed by atoms with E-state index in [1.54, 1.807) is 44.2 Å². The number of rotatable bonds is 9. The van der Waals surface area contributed by atoms with Crippen LogP contribution in [0.5, 0.6) is 0 Å². The van der Waals surface area contributed by atoms with Crippen LogP contribution in [0.4, 0.5) is 14.6 Å². The van der Waals surface area contributed by atoms with Crippen molar-refractivity contribution in [2.45, 2.75) is 26.3 Å². The lowest BCUT2D eigenvalue weighted by Gasteiger charge is -2.15. The van der Waals surface area contributed by atoms with Gasteiger partial charge in [-0.15, -0.1) is 11.8 Å². The summed E-state index contributed by atoms with van der Waals surface area (Å²) in [6.45, 7) is 0.855. The number of thioether (sulfide) groups is 1. The van der Waals surface area contributed by atoms with E-state index in [1.807, 2.05) is 0 Å². The molecule has 1 aromatic carbocycles. The molecular weight excluding hydrogens is 416 g/mol. The van der Waals surface area contributed by atoms with Crippen LogP contribution in [0.3, 0.4) is 0 Å². The molecule has 2 aromatic heterocycles. The summed E-state index contributed by atoms with van der Waals surface area (Å²) in [7, 11) is 0. The summed E-state index contributed by atoms with van der Waals surface area (Å²) in [5.41, 5.74) is 0.833. The first-order chi connectivity index (χ1) is 14.3. The average Bonchev–Trinajstić information content (AvgIpc) is 3.29. The number of nitrogens with one attached hydrogen (secondary N) is 2. The van der Waals surface area contributed by atoms with Crippen molar-refractivity contribution < 1.29 is 22.9 Å². The molecule has 0 aliphatic rings. The standard InChI is InChI=1S/C19H21F2N5O3S/c1-11(18-23-13-5-3-4-6-14(13)26(18)19(20)21)8-22-16(27)9-30-10-17(28)24-15-7-12(2)29-25-15/h3-7,11,19H,8-10H2,1-2H3,(H,22,27)(H,24,25,28)/t11-/m1/s1. The van der Waals surface area contributed by atoms with Gasteiger partial charge in [0.05, 0.1) is 22.5 Å². The molecule has 0 bridgehead atoms. The molecule has 0 spiro atoms. The van der Waals surface area contributed by atoms with Crippen LogP contribution in [0, 0.1) is 6.92 Å². The molecule has 30 heavy (non-hydrogen) atoms. The van der Waals surface area contributed by atoms with Gasteiger partial charge in [-0.25, -0.2) is 4.98 Å². The number of aromatic nitrogens is 3. The number of carbonyl (C=O) groups is 2. The maximum atomic E-state index is 13.5. The van der Waals surface area contributed by atoms with Gasteiger partial charge in [-0.3, -0.25) is 14.2 Å². The minimum absolute atomic E-state index is 0.0588. The summed E-state index contributed by atoms with van der Waals surface area (Å²) in [4.78, 5) is 28.2. The van der Waals surface area contributed by atoms with E-state index in [2.05, 4.69) is 20.8 Å². The van der Waals surface area contributed by atoms with Crippen molar-refractivity contribution in [2.75, 3.05) is 23.4 Å². The Balaban J connectivity index is 1.47. The maximum Gasteiger partial charge on any atom is 0.320 e. The number of halogens is 2. The van der Waals surface area contributed by atoms with E-state index in [1.165, 1.54) is 0 Å². The minimum Gasteiger partial charge on any atom is -0.360 e. The Morgan fingerprint density at radius 2 is 1.97 bits per heavy atom. The van der Waals surface area contributed by atoms with Crippen LogP contribution in [-0.4, -0.2) is 44.6 Å². The highest BCUT2D eigenvalue weighted by Crippen LogP contribution is 2.27. The van der Waals surface area contributed by atoms with Crippen molar-refractivity contribution in [3.63, 3.8) is 0 Å². The Labute approximate surface area is 175 Å². The molecule has 3 rings (SSSR count). The van der Waals surface area contributed by atoms with E-state index in [-0.39, 0.29) is 35.7 Å². The number of alkyl halides is 2. The Kier molecular flexibility index (Phi) is 7.03. The second kappa shape index (κ2) is 9.70. The molecule has 0 fully saturated rings. The Bertz CT molecular complexity index is 1040. The molecule has 0 aliphatic carbocycles. The third-order valence-corrected chi connectivity index (χ3v) is 5.16. The number of aryl methyl sites for hydroxylation is 1. The lowest BCUT2D eigenvalue weighted by atomic mass is 10.1. The molecule has 11 heteroatoms. The van der Waals surface area contributed by atoms with Gasteiger partial charge in [-0.2, -0.15) is 8.78 Å². The fourth-order valence-corrected chi connectivity index (χ4v) is 3.51. The van der Waals surface area contributed by atoms with Crippen molar-refractivity contribution in [1.82, 2.24) is 20.0 Å². The molecule has 2 N–H and O–H groups in total. The smallest absolute Gasteiger partial charge is 0.320 e. The van der Waals surface area contributed by atoms with Crippen molar-refractivity contribution in [2.24, 2.45) is 0 Å².